The molecule has 2 amide bonds. The Morgan fingerprint density at radius 3 is 2.72 bits per heavy atom. The van der Waals surface area contributed by atoms with Crippen LogP contribution in [-0.2, 0) is 17.8 Å². The minimum Gasteiger partial charge on any atom is -0.381 e. The number of aromatic nitrogens is 4. The molecule has 9 heteroatoms. The summed E-state index contributed by atoms with van der Waals surface area (Å²) in [6.45, 7) is 7.64. The average molecular weight is 503 g/mol. The highest BCUT2D eigenvalue weighted by Gasteiger charge is 2.31. The van der Waals surface area contributed by atoms with Gasteiger partial charge in [-0.2, -0.15) is 0 Å². The van der Waals surface area contributed by atoms with Crippen molar-refractivity contribution in [3.63, 3.8) is 0 Å². The van der Waals surface area contributed by atoms with Crippen molar-refractivity contribution < 1.29 is 9.53 Å². The van der Waals surface area contributed by atoms with E-state index in [2.05, 4.69) is 40.0 Å². The highest BCUT2D eigenvalue weighted by atomic mass is 32.1. The number of imidazole rings is 1. The summed E-state index contributed by atoms with van der Waals surface area (Å²) < 4.78 is 8.00. The lowest BCUT2D eigenvalue weighted by Gasteiger charge is -2.31. The van der Waals surface area contributed by atoms with Gasteiger partial charge in [0.15, 0.2) is 0 Å². The SMILES string of the molecule is CNC(=O)N1CCn2c(C3CCOCC3)nc(-c3c(C)ccc4cc(-c5cnc(C)s5)ncc34)c2C1. The summed E-state index contributed by atoms with van der Waals surface area (Å²) in [5.74, 6) is 1.49. The third-order valence-corrected chi connectivity index (χ3v) is 8.28. The van der Waals surface area contributed by atoms with Crippen LogP contribution in [0.3, 0.4) is 0 Å². The van der Waals surface area contributed by atoms with Gasteiger partial charge in [0.2, 0.25) is 0 Å². The maximum atomic E-state index is 12.5. The summed E-state index contributed by atoms with van der Waals surface area (Å²) >= 11 is 1.65. The van der Waals surface area contributed by atoms with Crippen molar-refractivity contribution in [2.45, 2.75) is 45.7 Å². The first-order chi connectivity index (χ1) is 17.5. The predicted octanol–water partition coefficient (Wildman–Crippen LogP) is 4.89. The number of nitrogens with one attached hydrogen (secondary N) is 1. The highest BCUT2D eigenvalue weighted by Crippen LogP contribution is 2.39. The second-order valence-electron chi connectivity index (χ2n) is 9.57. The monoisotopic (exact) mass is 502 g/mol. The zero-order valence-electron chi connectivity index (χ0n) is 20.9. The summed E-state index contributed by atoms with van der Waals surface area (Å²) in [7, 11) is 1.69. The molecule has 0 unspecified atom stereocenters. The second-order valence-corrected chi connectivity index (χ2v) is 10.8. The molecule has 0 atom stereocenters. The van der Waals surface area contributed by atoms with E-state index in [1.54, 1.807) is 18.4 Å². The fourth-order valence-corrected chi connectivity index (χ4v) is 6.20. The van der Waals surface area contributed by atoms with Crippen molar-refractivity contribution in [2.24, 2.45) is 0 Å². The minimum absolute atomic E-state index is 0.0539. The molecule has 0 bridgehead atoms. The molecule has 0 radical (unpaired) electrons. The molecular weight excluding hydrogens is 472 g/mol. The van der Waals surface area contributed by atoms with Crippen LogP contribution in [0.2, 0.25) is 0 Å². The molecule has 1 aromatic carbocycles. The lowest BCUT2D eigenvalue weighted by molar-refractivity contribution is 0.0823. The largest absolute Gasteiger partial charge is 0.381 e. The Morgan fingerprint density at radius 2 is 1.97 bits per heavy atom. The third-order valence-electron chi connectivity index (χ3n) is 7.35. The molecule has 6 rings (SSSR count). The molecule has 0 spiro atoms. The summed E-state index contributed by atoms with van der Waals surface area (Å²) in [5, 5.41) is 6.02. The molecule has 0 aliphatic carbocycles. The summed E-state index contributed by atoms with van der Waals surface area (Å²) in [6, 6.07) is 6.41. The highest BCUT2D eigenvalue weighted by molar-refractivity contribution is 7.15. The van der Waals surface area contributed by atoms with Crippen molar-refractivity contribution in [1.82, 2.24) is 29.7 Å². The van der Waals surface area contributed by atoms with Gasteiger partial charge in [0.1, 0.15) is 5.82 Å². The fraction of sp³-hybridized carbons (Fsp3) is 0.407. The number of hydrogen-bond donors (Lipinski definition) is 1. The van der Waals surface area contributed by atoms with Crippen molar-refractivity contribution in [3.8, 4) is 21.8 Å². The predicted molar refractivity (Wildman–Crippen MR) is 141 cm³/mol. The van der Waals surface area contributed by atoms with Crippen molar-refractivity contribution in [3.05, 3.63) is 52.7 Å². The van der Waals surface area contributed by atoms with Gasteiger partial charge in [-0.1, -0.05) is 12.1 Å². The van der Waals surface area contributed by atoms with E-state index in [1.807, 2.05) is 24.2 Å². The van der Waals surface area contributed by atoms with Crippen LogP contribution in [0.25, 0.3) is 32.6 Å². The number of carbonyl (C=O) groups excluding carboxylic acids is 1. The number of aryl methyl sites for hydroxylation is 2. The normalized spacial score (nSPS) is 16.4. The van der Waals surface area contributed by atoms with Gasteiger partial charge in [-0.25, -0.2) is 14.8 Å². The number of benzene rings is 1. The summed E-state index contributed by atoms with van der Waals surface area (Å²) in [4.78, 5) is 30.0. The fourth-order valence-electron chi connectivity index (χ4n) is 5.45. The Hall–Kier alpha value is -3.30. The Labute approximate surface area is 214 Å². The van der Waals surface area contributed by atoms with Gasteiger partial charge >= 0.3 is 6.03 Å². The van der Waals surface area contributed by atoms with Gasteiger partial charge in [0, 0.05) is 62.6 Å². The van der Waals surface area contributed by atoms with E-state index in [1.165, 1.54) is 0 Å². The molecule has 1 N–H and O–H groups in total. The number of fused-ring (bicyclic) bond motifs is 2. The van der Waals surface area contributed by atoms with Crippen molar-refractivity contribution >= 4 is 28.1 Å². The lowest BCUT2D eigenvalue weighted by atomic mass is 9.96. The van der Waals surface area contributed by atoms with Crippen LogP contribution in [0.5, 0.6) is 0 Å². The quantitative estimate of drug-likeness (QED) is 0.431. The number of urea groups is 1. The molecule has 2 aliphatic rings. The van der Waals surface area contributed by atoms with E-state index >= 15 is 0 Å². The average Bonchev–Trinajstić information content (AvgIpc) is 3.52. The second kappa shape index (κ2) is 9.29. The van der Waals surface area contributed by atoms with E-state index in [9.17, 15) is 4.79 Å². The molecule has 2 aliphatic heterocycles. The van der Waals surface area contributed by atoms with Crippen LogP contribution < -0.4 is 5.32 Å². The molecule has 36 heavy (non-hydrogen) atoms. The van der Waals surface area contributed by atoms with Gasteiger partial charge in [0.05, 0.1) is 33.5 Å². The topological polar surface area (TPSA) is 85.2 Å². The third kappa shape index (κ3) is 3.96. The minimum atomic E-state index is -0.0539. The Bertz CT molecular complexity index is 1450. The Balaban J connectivity index is 1.51. The molecule has 8 nitrogen and oxygen atoms in total. The number of rotatable bonds is 3. The van der Waals surface area contributed by atoms with Gasteiger partial charge in [0.25, 0.3) is 0 Å². The number of carbonyl (C=O) groups is 1. The van der Waals surface area contributed by atoms with Crippen LogP contribution in [0.4, 0.5) is 4.79 Å². The lowest BCUT2D eigenvalue weighted by Crippen LogP contribution is -2.43. The van der Waals surface area contributed by atoms with E-state index in [4.69, 9.17) is 14.7 Å². The molecule has 186 valence electrons. The van der Waals surface area contributed by atoms with Crippen molar-refractivity contribution in [1.29, 1.82) is 0 Å². The van der Waals surface area contributed by atoms with Crippen LogP contribution in [0.1, 0.15) is 40.8 Å². The van der Waals surface area contributed by atoms with Crippen LogP contribution in [-0.4, -0.2) is 57.3 Å². The number of thiazole rings is 1. The van der Waals surface area contributed by atoms with E-state index in [-0.39, 0.29) is 6.03 Å². The molecule has 1 fully saturated rings. The maximum absolute atomic E-state index is 12.5. The van der Waals surface area contributed by atoms with Gasteiger partial charge in [-0.15, -0.1) is 11.3 Å². The van der Waals surface area contributed by atoms with Gasteiger partial charge < -0.3 is 19.5 Å². The maximum Gasteiger partial charge on any atom is 0.317 e. The first-order valence-electron chi connectivity index (χ1n) is 12.5. The number of amides is 2. The van der Waals surface area contributed by atoms with Crippen LogP contribution >= 0.6 is 11.3 Å². The molecule has 3 aromatic heterocycles. The summed E-state index contributed by atoms with van der Waals surface area (Å²) in [6.07, 6.45) is 5.81. The number of hydrogen-bond acceptors (Lipinski definition) is 6. The Kier molecular flexibility index (Phi) is 5.97. The van der Waals surface area contributed by atoms with E-state index in [0.717, 1.165) is 87.3 Å². The number of pyridine rings is 1. The number of ether oxygens (including phenoxy) is 1. The first-order valence-corrected chi connectivity index (χ1v) is 13.3. The molecule has 1 saturated heterocycles. The van der Waals surface area contributed by atoms with Crippen LogP contribution in [0, 0.1) is 13.8 Å². The van der Waals surface area contributed by atoms with Crippen molar-refractivity contribution in [2.75, 3.05) is 26.8 Å². The summed E-state index contributed by atoms with van der Waals surface area (Å²) in [5.41, 5.74) is 5.26. The van der Waals surface area contributed by atoms with Gasteiger partial charge in [-0.05, 0) is 43.7 Å². The standard InChI is InChI=1S/C27H30N6O2S/c1-16-4-5-19-12-21(23-14-29-17(2)36-23)30-13-20(19)24(16)25-22-15-32(27(34)28-3)8-9-33(22)26(31-25)18-6-10-35-11-7-18/h4-5,12-14,18H,6-11,15H2,1-3H3,(H,28,34). The molecular formula is C27H30N6O2S. The Morgan fingerprint density at radius 1 is 1.14 bits per heavy atom. The first kappa shape index (κ1) is 23.1. The smallest absolute Gasteiger partial charge is 0.317 e. The van der Waals surface area contributed by atoms with Gasteiger partial charge in [-0.3, -0.25) is 4.98 Å². The van der Waals surface area contributed by atoms with E-state index in [0.29, 0.717) is 19.0 Å². The molecule has 5 heterocycles. The van der Waals surface area contributed by atoms with E-state index < -0.39 is 0 Å². The zero-order valence-corrected chi connectivity index (χ0v) is 21.7. The molecule has 4 aromatic rings. The number of nitrogens with zero attached hydrogens (tertiary/aromatic N) is 5. The van der Waals surface area contributed by atoms with Crippen LogP contribution in [0.15, 0.2) is 30.6 Å². The molecule has 0 saturated carbocycles. The zero-order chi connectivity index (χ0) is 24.8.